The fraction of sp³-hybridized carbons (Fsp3) is 0.158. The van der Waals surface area contributed by atoms with Crippen molar-refractivity contribution in [1.29, 1.82) is 0 Å². The Bertz CT molecular complexity index is 2110. The summed E-state index contributed by atoms with van der Waals surface area (Å²) in [5, 5.41) is 5.77. The third-order valence-corrected chi connectivity index (χ3v) is 8.17. The molecule has 0 aliphatic heterocycles. The minimum atomic E-state index is -0.763. The first-order valence-electron chi connectivity index (χ1n) is 15.4. The van der Waals surface area contributed by atoms with Gasteiger partial charge < -0.3 is 31.5 Å². The molecule has 2 atom stereocenters. The van der Waals surface area contributed by atoms with Crippen LogP contribution in [0.3, 0.4) is 0 Å². The number of aromatic amines is 2. The molecule has 2 unspecified atom stereocenters. The number of hydrogen-bond donors (Lipinski definition) is 5. The van der Waals surface area contributed by atoms with Gasteiger partial charge in [0.05, 0.1) is 5.39 Å². The van der Waals surface area contributed by atoms with Crippen LogP contribution in [0.1, 0.15) is 25.0 Å². The number of carbonyl (C=O) groups excluding carboxylic acids is 2. The minimum Gasteiger partial charge on any atom is -0.481 e. The number of amides is 2. The van der Waals surface area contributed by atoms with Crippen LogP contribution >= 0.6 is 0 Å². The van der Waals surface area contributed by atoms with Gasteiger partial charge in [-0.15, -0.1) is 0 Å². The van der Waals surface area contributed by atoms with Crippen LogP contribution < -0.4 is 32.6 Å². The quantitative estimate of drug-likeness (QED) is 0.146. The number of carbonyl (C=O) groups is 2. The molecule has 6 rings (SSSR count). The first-order chi connectivity index (χ1) is 22.9. The molecule has 48 heavy (non-hydrogen) atoms. The molecule has 10 nitrogen and oxygen atoms in total. The normalized spacial score (nSPS) is 12.1. The molecule has 2 heterocycles. The zero-order valence-electron chi connectivity index (χ0n) is 27.1. The zero-order valence-corrected chi connectivity index (χ0v) is 27.1. The predicted molar refractivity (Wildman–Crippen MR) is 191 cm³/mol. The van der Waals surface area contributed by atoms with E-state index in [4.69, 9.17) is 16.2 Å². The van der Waals surface area contributed by atoms with Crippen LogP contribution in [-0.4, -0.2) is 33.9 Å². The number of hydrogen-bond acceptors (Lipinski definition) is 6. The maximum atomic E-state index is 12.2. The number of rotatable bonds is 8. The van der Waals surface area contributed by atoms with Crippen LogP contribution in [0.2, 0.25) is 0 Å². The second-order valence-electron chi connectivity index (χ2n) is 11.6. The zero-order chi connectivity index (χ0) is 34.5. The number of ether oxygens (including phenoxy) is 1. The van der Waals surface area contributed by atoms with Crippen molar-refractivity contribution in [2.75, 3.05) is 5.32 Å². The number of fused-ring (bicyclic) bond motifs is 2. The molecule has 4 aromatic carbocycles. The molecule has 0 fully saturated rings. The molecule has 0 saturated carbocycles. The first-order valence-corrected chi connectivity index (χ1v) is 15.4. The van der Waals surface area contributed by atoms with Crippen molar-refractivity contribution in [2.45, 2.75) is 39.8 Å². The number of aromatic nitrogens is 2. The molecular weight excluding hydrogens is 606 g/mol. The third-order valence-electron chi connectivity index (χ3n) is 8.17. The number of benzene rings is 4. The fourth-order valence-corrected chi connectivity index (χ4v) is 5.44. The van der Waals surface area contributed by atoms with Gasteiger partial charge >= 0.3 is 0 Å². The molecule has 0 spiro atoms. The lowest BCUT2D eigenvalue weighted by Gasteiger charge is -2.14. The lowest BCUT2D eigenvalue weighted by atomic mass is 9.97. The highest BCUT2D eigenvalue weighted by atomic mass is 16.5. The Hall–Kier alpha value is -6.16. The highest BCUT2D eigenvalue weighted by molar-refractivity contribution is 5.99. The van der Waals surface area contributed by atoms with Crippen molar-refractivity contribution in [3.8, 4) is 28.0 Å². The largest absolute Gasteiger partial charge is 0.481 e. The van der Waals surface area contributed by atoms with E-state index in [2.05, 4.69) is 15.3 Å². The summed E-state index contributed by atoms with van der Waals surface area (Å²) in [5.74, 6) is -0.573. The molecule has 0 saturated heterocycles. The van der Waals surface area contributed by atoms with Crippen LogP contribution in [0.15, 0.2) is 107 Å². The van der Waals surface area contributed by atoms with E-state index in [0.29, 0.717) is 22.2 Å². The van der Waals surface area contributed by atoms with Crippen LogP contribution in [-0.2, 0) is 9.59 Å². The molecule has 6 aromatic rings. The van der Waals surface area contributed by atoms with Gasteiger partial charge in [-0.05, 0) is 91.1 Å². The summed E-state index contributed by atoms with van der Waals surface area (Å²) < 4.78 is 5.48. The van der Waals surface area contributed by atoms with Gasteiger partial charge in [-0.2, -0.15) is 0 Å². The summed E-state index contributed by atoms with van der Waals surface area (Å²) in [6.07, 6.45) is 2.70. The fourth-order valence-electron chi connectivity index (χ4n) is 5.44. The third kappa shape index (κ3) is 7.13. The average Bonchev–Trinajstić information content (AvgIpc) is 3.06. The van der Waals surface area contributed by atoms with Gasteiger partial charge in [0.15, 0.2) is 6.10 Å². The van der Waals surface area contributed by atoms with E-state index in [-0.39, 0.29) is 11.1 Å². The van der Waals surface area contributed by atoms with Crippen molar-refractivity contribution in [3.05, 3.63) is 129 Å². The van der Waals surface area contributed by atoms with E-state index < -0.39 is 24.0 Å². The molecule has 244 valence electrons. The highest BCUT2D eigenvalue weighted by Gasteiger charge is 2.14. The second-order valence-corrected chi connectivity index (χ2v) is 11.6. The van der Waals surface area contributed by atoms with E-state index in [1.807, 2.05) is 80.6 Å². The molecule has 2 amide bonds. The average molecular weight is 644 g/mol. The lowest BCUT2D eigenvalue weighted by molar-refractivity contribution is -0.124. The van der Waals surface area contributed by atoms with Gasteiger partial charge in [0.2, 0.25) is 5.91 Å². The van der Waals surface area contributed by atoms with E-state index in [0.717, 1.165) is 44.2 Å². The Morgan fingerprint density at radius 1 is 0.646 bits per heavy atom. The van der Waals surface area contributed by atoms with Gasteiger partial charge in [0.1, 0.15) is 11.8 Å². The van der Waals surface area contributed by atoms with E-state index >= 15 is 0 Å². The van der Waals surface area contributed by atoms with Crippen molar-refractivity contribution >= 4 is 39.0 Å². The second kappa shape index (κ2) is 14.1. The van der Waals surface area contributed by atoms with Crippen LogP contribution in [0, 0.1) is 13.8 Å². The number of primary amides is 2. The number of aryl methyl sites for hydroxylation is 2. The number of H-pyrrole nitrogens is 2. The maximum Gasteiger partial charge on any atom is 0.258 e. The summed E-state index contributed by atoms with van der Waals surface area (Å²) in [6, 6.07) is 26.2. The van der Waals surface area contributed by atoms with Gasteiger partial charge in [0, 0.05) is 34.6 Å². The summed E-state index contributed by atoms with van der Waals surface area (Å²) in [4.78, 5) is 52.4. The van der Waals surface area contributed by atoms with Gasteiger partial charge in [-0.25, -0.2) is 0 Å². The highest BCUT2D eigenvalue weighted by Crippen LogP contribution is 2.31. The first kappa shape index (κ1) is 33.2. The molecule has 0 aliphatic rings. The van der Waals surface area contributed by atoms with Crippen molar-refractivity contribution < 1.29 is 14.3 Å². The van der Waals surface area contributed by atoms with Crippen molar-refractivity contribution in [1.82, 2.24) is 9.97 Å². The van der Waals surface area contributed by atoms with E-state index in [1.54, 1.807) is 44.4 Å². The number of pyridine rings is 2. The Morgan fingerprint density at radius 3 is 1.65 bits per heavy atom. The lowest BCUT2D eigenvalue weighted by Crippen LogP contribution is -2.32. The molecule has 0 aliphatic carbocycles. The molecule has 0 bridgehead atoms. The van der Waals surface area contributed by atoms with Gasteiger partial charge in [-0.1, -0.05) is 54.6 Å². The summed E-state index contributed by atoms with van der Waals surface area (Å²) in [5.41, 5.74) is 17.1. The SMILES string of the molecule is Cc1ccccc1-c1c[nH]c(=O)c2cc(NC(C)C(N)=O)ccc12.Cc1ccccc1-c1c[nH]c(=O)c2cc(OC(C)C(N)=O)ccc12. The van der Waals surface area contributed by atoms with Gasteiger partial charge in [0.25, 0.3) is 17.0 Å². The van der Waals surface area contributed by atoms with Crippen molar-refractivity contribution in [3.63, 3.8) is 0 Å². The van der Waals surface area contributed by atoms with Crippen LogP contribution in [0.4, 0.5) is 5.69 Å². The summed E-state index contributed by atoms with van der Waals surface area (Å²) >= 11 is 0. The Kier molecular flexibility index (Phi) is 9.75. The van der Waals surface area contributed by atoms with Gasteiger partial charge in [-0.3, -0.25) is 19.2 Å². The predicted octanol–water partition coefficient (Wildman–Crippen LogP) is 5.55. The molecular formula is C38H37N5O5. The molecule has 2 aromatic heterocycles. The molecule has 7 N–H and O–H groups in total. The molecule has 0 radical (unpaired) electrons. The smallest absolute Gasteiger partial charge is 0.258 e. The minimum absolute atomic E-state index is 0.169. The molecule has 10 heteroatoms. The van der Waals surface area contributed by atoms with Crippen molar-refractivity contribution in [2.24, 2.45) is 11.5 Å². The number of nitrogens with one attached hydrogen (secondary N) is 3. The topological polar surface area (TPSA) is 173 Å². The Labute approximate surface area is 276 Å². The van der Waals surface area contributed by atoms with E-state index in [1.165, 1.54) is 0 Å². The monoisotopic (exact) mass is 643 g/mol. The Morgan fingerprint density at radius 2 is 1.15 bits per heavy atom. The Balaban J connectivity index is 0.000000188. The standard InChI is InChI=1S/C19H19N3O2.C19H18N2O3/c1-11-5-3-4-6-14(11)17-10-21-19(24)16-9-13(7-8-15(16)17)22-12(2)18(20)23;1-11-5-3-4-6-14(11)17-10-21-19(23)16-9-13(7-8-15(16)17)24-12(2)18(20)22/h3-10,12,22H,1-2H3,(H2,20,23)(H,21,24);3-10,12H,1-2H3,(H2,20,22)(H,21,23). The van der Waals surface area contributed by atoms with E-state index in [9.17, 15) is 19.2 Å². The van der Waals surface area contributed by atoms with Crippen LogP contribution in [0.5, 0.6) is 5.75 Å². The summed E-state index contributed by atoms with van der Waals surface area (Å²) in [6.45, 7) is 7.32. The maximum absolute atomic E-state index is 12.2. The number of anilines is 1. The number of nitrogens with two attached hydrogens (primary N) is 2. The van der Waals surface area contributed by atoms with Crippen LogP contribution in [0.25, 0.3) is 43.8 Å². The summed E-state index contributed by atoms with van der Waals surface area (Å²) in [7, 11) is 0.